The molecule has 2 rings (SSSR count). The number of nitrogens with one attached hydrogen (secondary N) is 1. The number of rotatable bonds is 5. The van der Waals surface area contributed by atoms with Gasteiger partial charge in [-0.2, -0.15) is 0 Å². The van der Waals surface area contributed by atoms with Gasteiger partial charge in [0.25, 0.3) is 0 Å². The lowest BCUT2D eigenvalue weighted by molar-refractivity contribution is 0.477. The highest BCUT2D eigenvalue weighted by Crippen LogP contribution is 2.28. The Bertz CT molecular complexity index is 530. The molecule has 0 unspecified atom stereocenters. The monoisotopic (exact) mass is 329 g/mol. The Morgan fingerprint density at radius 3 is 2.94 bits per heavy atom. The van der Waals surface area contributed by atoms with Crippen LogP contribution in [-0.4, -0.2) is 16.7 Å². The van der Waals surface area contributed by atoms with Crippen molar-refractivity contribution in [1.82, 2.24) is 15.5 Å². The average molecular weight is 331 g/mol. The molecule has 1 aromatic heterocycles. The van der Waals surface area contributed by atoms with E-state index < -0.39 is 0 Å². The average Bonchev–Trinajstić information content (AvgIpc) is 2.82. The summed E-state index contributed by atoms with van der Waals surface area (Å²) in [4.78, 5) is 0. The summed E-state index contributed by atoms with van der Waals surface area (Å²) < 4.78 is 6.37. The Morgan fingerprint density at radius 2 is 2.22 bits per heavy atom. The first-order valence-corrected chi connectivity index (χ1v) is 6.86. The molecule has 0 aliphatic rings. The number of nitrogens with zero attached hydrogens (tertiary/aromatic N) is 2. The number of aromatic nitrogens is 2. The standard InChI is InChI=1S/C12H13BrClN3O/c1-2-5-15-7-11-16-17-12(18-11)8-3-4-10(14)9(13)6-8/h3-4,6,15H,2,5,7H2,1H3. The summed E-state index contributed by atoms with van der Waals surface area (Å²) in [6.45, 7) is 3.64. The molecule has 0 atom stereocenters. The minimum Gasteiger partial charge on any atom is -0.419 e. The largest absolute Gasteiger partial charge is 0.419 e. The second-order valence-corrected chi connectivity index (χ2v) is 5.07. The van der Waals surface area contributed by atoms with Gasteiger partial charge in [0.15, 0.2) is 0 Å². The molecule has 4 nitrogen and oxygen atoms in total. The molecule has 0 aliphatic heterocycles. The van der Waals surface area contributed by atoms with Crippen LogP contribution in [-0.2, 0) is 6.54 Å². The summed E-state index contributed by atoms with van der Waals surface area (Å²) in [6.07, 6.45) is 1.07. The molecule has 1 aromatic carbocycles. The summed E-state index contributed by atoms with van der Waals surface area (Å²) in [5.41, 5.74) is 0.848. The van der Waals surface area contributed by atoms with E-state index in [0.717, 1.165) is 23.0 Å². The molecule has 0 bridgehead atoms. The topological polar surface area (TPSA) is 51.0 Å². The van der Waals surface area contributed by atoms with Crippen LogP contribution in [0, 0.1) is 0 Å². The number of hydrogen-bond donors (Lipinski definition) is 1. The van der Waals surface area contributed by atoms with Crippen molar-refractivity contribution in [3.63, 3.8) is 0 Å². The highest BCUT2D eigenvalue weighted by atomic mass is 79.9. The fourth-order valence-electron chi connectivity index (χ4n) is 1.44. The van der Waals surface area contributed by atoms with Gasteiger partial charge in [0.1, 0.15) is 0 Å². The third-order valence-electron chi connectivity index (χ3n) is 2.34. The molecule has 96 valence electrons. The molecule has 0 spiro atoms. The van der Waals surface area contributed by atoms with E-state index in [4.69, 9.17) is 16.0 Å². The van der Waals surface area contributed by atoms with Gasteiger partial charge < -0.3 is 9.73 Å². The van der Waals surface area contributed by atoms with Crippen LogP contribution in [0.3, 0.4) is 0 Å². The van der Waals surface area contributed by atoms with Crippen molar-refractivity contribution in [3.8, 4) is 11.5 Å². The maximum Gasteiger partial charge on any atom is 0.247 e. The van der Waals surface area contributed by atoms with E-state index >= 15 is 0 Å². The lowest BCUT2D eigenvalue weighted by atomic mass is 10.2. The zero-order valence-corrected chi connectivity index (χ0v) is 12.3. The van der Waals surface area contributed by atoms with E-state index in [1.807, 2.05) is 12.1 Å². The summed E-state index contributed by atoms with van der Waals surface area (Å²) in [6, 6.07) is 5.50. The molecule has 1 heterocycles. The maximum absolute atomic E-state index is 5.93. The van der Waals surface area contributed by atoms with Crippen molar-refractivity contribution in [2.75, 3.05) is 6.54 Å². The predicted molar refractivity (Wildman–Crippen MR) is 74.4 cm³/mol. The minimum atomic E-state index is 0.501. The van der Waals surface area contributed by atoms with Gasteiger partial charge in [-0.05, 0) is 47.1 Å². The van der Waals surface area contributed by atoms with E-state index in [1.54, 1.807) is 6.07 Å². The molecule has 6 heteroatoms. The zero-order valence-electron chi connectivity index (χ0n) is 9.91. The van der Waals surface area contributed by atoms with E-state index in [0.29, 0.717) is 23.3 Å². The van der Waals surface area contributed by atoms with Crippen molar-refractivity contribution in [3.05, 3.63) is 33.6 Å². The summed E-state index contributed by atoms with van der Waals surface area (Å²) in [5.74, 6) is 1.09. The summed E-state index contributed by atoms with van der Waals surface area (Å²) in [7, 11) is 0. The quantitative estimate of drug-likeness (QED) is 0.850. The van der Waals surface area contributed by atoms with Crippen molar-refractivity contribution < 1.29 is 4.42 Å². The van der Waals surface area contributed by atoms with Crippen LogP contribution in [0.4, 0.5) is 0 Å². The molecule has 0 fully saturated rings. The van der Waals surface area contributed by atoms with Gasteiger partial charge in [-0.1, -0.05) is 18.5 Å². The van der Waals surface area contributed by atoms with Crippen LogP contribution in [0.25, 0.3) is 11.5 Å². The molecular formula is C12H13BrClN3O. The first-order valence-electron chi connectivity index (χ1n) is 5.69. The van der Waals surface area contributed by atoms with Gasteiger partial charge in [-0.15, -0.1) is 10.2 Å². The van der Waals surface area contributed by atoms with Crippen molar-refractivity contribution >= 4 is 27.5 Å². The lowest BCUT2D eigenvalue weighted by Gasteiger charge is -1.99. The van der Waals surface area contributed by atoms with Crippen molar-refractivity contribution in [1.29, 1.82) is 0 Å². The molecule has 0 saturated carbocycles. The van der Waals surface area contributed by atoms with Crippen molar-refractivity contribution in [2.45, 2.75) is 19.9 Å². The van der Waals surface area contributed by atoms with Crippen molar-refractivity contribution in [2.24, 2.45) is 0 Å². The van der Waals surface area contributed by atoms with Crippen LogP contribution in [0.15, 0.2) is 27.1 Å². The van der Waals surface area contributed by atoms with Gasteiger partial charge in [0.05, 0.1) is 11.6 Å². The number of halogens is 2. The Labute approximate surface area is 119 Å². The van der Waals surface area contributed by atoms with E-state index in [9.17, 15) is 0 Å². The molecule has 0 radical (unpaired) electrons. The molecule has 1 N–H and O–H groups in total. The summed E-state index contributed by atoms with van der Waals surface area (Å²) in [5, 5.41) is 11.9. The molecular weight excluding hydrogens is 318 g/mol. The molecule has 0 aliphatic carbocycles. The zero-order chi connectivity index (χ0) is 13.0. The second-order valence-electron chi connectivity index (χ2n) is 3.81. The first kappa shape index (κ1) is 13.5. The van der Waals surface area contributed by atoms with E-state index in [1.165, 1.54) is 0 Å². The van der Waals surface area contributed by atoms with Crippen LogP contribution in [0.5, 0.6) is 0 Å². The second kappa shape index (κ2) is 6.31. The Balaban J connectivity index is 2.11. The van der Waals surface area contributed by atoms with Gasteiger partial charge in [-0.3, -0.25) is 0 Å². The fraction of sp³-hybridized carbons (Fsp3) is 0.333. The normalized spacial score (nSPS) is 10.8. The SMILES string of the molecule is CCCNCc1nnc(-c2ccc(Cl)c(Br)c2)o1. The van der Waals surface area contributed by atoms with Crippen LogP contribution >= 0.6 is 27.5 Å². The maximum atomic E-state index is 5.93. The highest BCUT2D eigenvalue weighted by molar-refractivity contribution is 9.10. The highest BCUT2D eigenvalue weighted by Gasteiger charge is 2.09. The summed E-state index contributed by atoms with van der Waals surface area (Å²) >= 11 is 9.30. The van der Waals surface area contributed by atoms with Gasteiger partial charge in [0, 0.05) is 10.0 Å². The number of hydrogen-bond acceptors (Lipinski definition) is 4. The molecule has 2 aromatic rings. The van der Waals surface area contributed by atoms with Gasteiger partial charge in [-0.25, -0.2) is 0 Å². The van der Waals surface area contributed by atoms with Crippen LogP contribution in [0.1, 0.15) is 19.2 Å². The molecule has 18 heavy (non-hydrogen) atoms. The molecule has 0 amide bonds. The minimum absolute atomic E-state index is 0.501. The predicted octanol–water partition coefficient (Wildman–Crippen LogP) is 3.65. The molecule has 0 saturated heterocycles. The third-order valence-corrected chi connectivity index (χ3v) is 3.55. The number of benzene rings is 1. The van der Waals surface area contributed by atoms with E-state index in [2.05, 4.69) is 38.4 Å². The van der Waals surface area contributed by atoms with Gasteiger partial charge in [0.2, 0.25) is 11.8 Å². The fourth-order valence-corrected chi connectivity index (χ4v) is 1.94. The van der Waals surface area contributed by atoms with Crippen LogP contribution in [0.2, 0.25) is 5.02 Å². The smallest absolute Gasteiger partial charge is 0.247 e. The Kier molecular flexibility index (Phi) is 4.74. The first-order chi connectivity index (χ1) is 8.70. The van der Waals surface area contributed by atoms with Gasteiger partial charge >= 0.3 is 0 Å². The Hall–Kier alpha value is -0.910. The van der Waals surface area contributed by atoms with Crippen LogP contribution < -0.4 is 5.32 Å². The lowest BCUT2D eigenvalue weighted by Crippen LogP contribution is -2.13. The Morgan fingerprint density at radius 1 is 1.39 bits per heavy atom. The van der Waals surface area contributed by atoms with E-state index in [-0.39, 0.29) is 0 Å². The third kappa shape index (κ3) is 3.31.